The number of aromatic amines is 1. The Labute approximate surface area is 161 Å². The van der Waals surface area contributed by atoms with Gasteiger partial charge in [0, 0.05) is 11.8 Å². The topological polar surface area (TPSA) is 97.7 Å². The van der Waals surface area contributed by atoms with Gasteiger partial charge in [-0.2, -0.15) is 0 Å². The van der Waals surface area contributed by atoms with Crippen LogP contribution in [0.5, 0.6) is 0 Å². The molecule has 2 aromatic heterocycles. The molecule has 4 rings (SSSR count). The Balaban J connectivity index is 1.82. The van der Waals surface area contributed by atoms with Crippen molar-refractivity contribution in [3.05, 3.63) is 76.8 Å². The molecule has 0 radical (unpaired) electrons. The molecule has 0 aliphatic rings. The van der Waals surface area contributed by atoms with Crippen molar-refractivity contribution in [2.45, 2.75) is 17.9 Å². The van der Waals surface area contributed by atoms with Crippen molar-refractivity contribution in [1.29, 1.82) is 0 Å². The summed E-state index contributed by atoms with van der Waals surface area (Å²) >= 11 is 0. The van der Waals surface area contributed by atoms with E-state index in [1.54, 1.807) is 22.9 Å². The summed E-state index contributed by atoms with van der Waals surface area (Å²) in [5, 5.41) is 0. The number of aromatic nitrogens is 4. The summed E-state index contributed by atoms with van der Waals surface area (Å²) in [5.74, 6) is 0. The zero-order valence-corrected chi connectivity index (χ0v) is 16.1. The molecule has 0 saturated heterocycles. The number of rotatable bonds is 4. The molecule has 0 saturated carbocycles. The quantitative estimate of drug-likeness (QED) is 0.574. The van der Waals surface area contributed by atoms with Gasteiger partial charge < -0.3 is 0 Å². The van der Waals surface area contributed by atoms with Gasteiger partial charge in [0.25, 0.3) is 0 Å². The van der Waals surface area contributed by atoms with Crippen molar-refractivity contribution in [3.63, 3.8) is 0 Å². The molecular formula is C20H18N4O3S. The summed E-state index contributed by atoms with van der Waals surface area (Å²) in [5.41, 5.74) is 2.83. The lowest BCUT2D eigenvalue weighted by Gasteiger charge is -2.13. The first kappa shape index (κ1) is 18.1. The van der Waals surface area contributed by atoms with E-state index in [2.05, 4.69) is 15.0 Å². The Kier molecular flexibility index (Phi) is 4.35. The highest BCUT2D eigenvalue weighted by Gasteiger charge is 2.17. The molecule has 142 valence electrons. The third-order valence-corrected chi connectivity index (χ3v) is 5.80. The molecule has 0 aliphatic heterocycles. The fourth-order valence-electron chi connectivity index (χ4n) is 3.15. The van der Waals surface area contributed by atoms with Gasteiger partial charge >= 0.3 is 5.69 Å². The van der Waals surface area contributed by atoms with Crippen molar-refractivity contribution >= 4 is 21.1 Å². The summed E-state index contributed by atoms with van der Waals surface area (Å²) in [4.78, 5) is 24.4. The molecule has 4 aromatic rings. The average molecular weight is 394 g/mol. The van der Waals surface area contributed by atoms with Crippen molar-refractivity contribution in [2.24, 2.45) is 0 Å². The number of benzene rings is 2. The summed E-state index contributed by atoms with van der Waals surface area (Å²) in [6.45, 7) is 1.93. The second-order valence-corrected chi connectivity index (χ2v) is 8.63. The highest BCUT2D eigenvalue weighted by molar-refractivity contribution is 7.90. The van der Waals surface area contributed by atoms with Crippen molar-refractivity contribution in [1.82, 2.24) is 19.5 Å². The Bertz CT molecular complexity index is 1310. The zero-order valence-electron chi connectivity index (χ0n) is 15.3. The van der Waals surface area contributed by atoms with Crippen molar-refractivity contribution in [3.8, 4) is 11.3 Å². The summed E-state index contributed by atoms with van der Waals surface area (Å²) in [6.07, 6.45) is 2.72. The van der Waals surface area contributed by atoms with E-state index in [0.29, 0.717) is 17.0 Å². The minimum absolute atomic E-state index is 0.223. The molecule has 7 nitrogen and oxygen atoms in total. The molecule has 0 unspecified atom stereocenters. The van der Waals surface area contributed by atoms with Crippen LogP contribution in [0.25, 0.3) is 22.6 Å². The molecule has 2 heterocycles. The molecule has 0 bridgehead atoms. The largest absolute Gasteiger partial charge is 0.329 e. The third-order valence-electron chi connectivity index (χ3n) is 4.67. The van der Waals surface area contributed by atoms with E-state index in [4.69, 9.17) is 0 Å². The first-order chi connectivity index (χ1) is 13.3. The monoisotopic (exact) mass is 394 g/mol. The van der Waals surface area contributed by atoms with Crippen LogP contribution in [0.3, 0.4) is 0 Å². The van der Waals surface area contributed by atoms with Crippen LogP contribution in [0.2, 0.25) is 0 Å². The van der Waals surface area contributed by atoms with E-state index in [1.165, 1.54) is 12.1 Å². The van der Waals surface area contributed by atoms with Gasteiger partial charge in [-0.15, -0.1) is 0 Å². The number of nitrogens with zero attached hydrogens (tertiary/aromatic N) is 3. The van der Waals surface area contributed by atoms with E-state index < -0.39 is 9.84 Å². The minimum atomic E-state index is -3.27. The van der Waals surface area contributed by atoms with E-state index in [-0.39, 0.29) is 16.6 Å². The number of imidazole rings is 1. The summed E-state index contributed by atoms with van der Waals surface area (Å²) in [6, 6.07) is 15.9. The van der Waals surface area contributed by atoms with Gasteiger partial charge in [-0.1, -0.05) is 42.5 Å². The van der Waals surface area contributed by atoms with Crippen LogP contribution >= 0.6 is 0 Å². The van der Waals surface area contributed by atoms with E-state index >= 15 is 0 Å². The fourth-order valence-corrected chi connectivity index (χ4v) is 3.78. The van der Waals surface area contributed by atoms with Gasteiger partial charge in [-0.25, -0.2) is 23.2 Å². The van der Waals surface area contributed by atoms with Crippen LogP contribution in [0.15, 0.2) is 70.5 Å². The lowest BCUT2D eigenvalue weighted by molar-refractivity contribution is 0.602. The van der Waals surface area contributed by atoms with Gasteiger partial charge in [-0.3, -0.25) is 9.55 Å². The second-order valence-electron chi connectivity index (χ2n) is 6.61. The molecule has 0 aliphatic carbocycles. The fraction of sp³-hybridized carbons (Fsp3) is 0.150. The first-order valence-corrected chi connectivity index (χ1v) is 10.6. The molecule has 1 atom stereocenters. The third kappa shape index (κ3) is 3.22. The Morgan fingerprint density at radius 2 is 1.71 bits per heavy atom. The number of hydrogen-bond acceptors (Lipinski definition) is 5. The number of fused-ring (bicyclic) bond motifs is 1. The second kappa shape index (κ2) is 6.72. The maximum absolute atomic E-state index is 12.5. The molecule has 1 N–H and O–H groups in total. The van der Waals surface area contributed by atoms with Gasteiger partial charge in [0.05, 0.1) is 22.8 Å². The van der Waals surface area contributed by atoms with Gasteiger partial charge in [-0.05, 0) is 24.6 Å². The highest BCUT2D eigenvalue weighted by atomic mass is 32.2. The average Bonchev–Trinajstić information content (AvgIpc) is 3.02. The number of nitrogens with one attached hydrogen (secondary N) is 1. The zero-order chi connectivity index (χ0) is 19.9. The predicted octanol–water partition coefficient (Wildman–Crippen LogP) is 2.80. The maximum Gasteiger partial charge on any atom is 0.329 e. The standard InChI is InChI=1S/C20H18N4O3S/c1-13(14-6-4-3-5-7-14)24-19-18(23-20(24)25)21-12-17(22-19)15-8-10-16(11-9-15)28(2,26)27/h3-13H,1-2H3,(H,21,23,25)/t13-/m0/s1. The van der Waals surface area contributed by atoms with Crippen LogP contribution < -0.4 is 5.69 Å². The Hall–Kier alpha value is -3.26. The maximum atomic E-state index is 12.5. The molecule has 28 heavy (non-hydrogen) atoms. The van der Waals surface area contributed by atoms with E-state index in [1.807, 2.05) is 37.3 Å². The van der Waals surface area contributed by atoms with Crippen LogP contribution in [0.4, 0.5) is 0 Å². The SMILES string of the molecule is C[C@@H](c1ccccc1)n1c(=O)[nH]c2ncc(-c3ccc(S(C)(=O)=O)cc3)nc21. The molecule has 0 spiro atoms. The van der Waals surface area contributed by atoms with Crippen LogP contribution in [-0.4, -0.2) is 34.2 Å². The molecular weight excluding hydrogens is 376 g/mol. The molecule has 0 fully saturated rings. The minimum Gasteiger partial charge on any atom is -0.289 e. The van der Waals surface area contributed by atoms with E-state index in [9.17, 15) is 13.2 Å². The van der Waals surface area contributed by atoms with Gasteiger partial charge in [0.15, 0.2) is 21.1 Å². The summed E-state index contributed by atoms with van der Waals surface area (Å²) < 4.78 is 24.9. The van der Waals surface area contributed by atoms with Gasteiger partial charge in [0.2, 0.25) is 0 Å². The van der Waals surface area contributed by atoms with Crippen molar-refractivity contribution < 1.29 is 8.42 Å². The highest BCUT2D eigenvalue weighted by Crippen LogP contribution is 2.23. The number of H-pyrrole nitrogens is 1. The van der Waals surface area contributed by atoms with E-state index in [0.717, 1.165) is 17.4 Å². The molecule has 0 amide bonds. The van der Waals surface area contributed by atoms with Crippen LogP contribution in [-0.2, 0) is 9.84 Å². The van der Waals surface area contributed by atoms with Crippen LogP contribution in [0, 0.1) is 0 Å². The first-order valence-electron chi connectivity index (χ1n) is 8.67. The van der Waals surface area contributed by atoms with Crippen LogP contribution in [0.1, 0.15) is 18.5 Å². The normalized spacial score (nSPS) is 12.9. The lowest BCUT2D eigenvalue weighted by atomic mass is 10.1. The lowest BCUT2D eigenvalue weighted by Crippen LogP contribution is -2.21. The Morgan fingerprint density at radius 1 is 1.04 bits per heavy atom. The molecule has 2 aromatic carbocycles. The summed E-state index contributed by atoms with van der Waals surface area (Å²) in [7, 11) is -3.27. The van der Waals surface area contributed by atoms with Gasteiger partial charge in [0.1, 0.15) is 0 Å². The smallest absolute Gasteiger partial charge is 0.289 e. The number of hydrogen-bond donors (Lipinski definition) is 1. The number of sulfone groups is 1. The van der Waals surface area contributed by atoms with Crippen molar-refractivity contribution in [2.75, 3.05) is 6.26 Å². The molecule has 8 heteroatoms. The Morgan fingerprint density at radius 3 is 2.36 bits per heavy atom. The predicted molar refractivity (Wildman–Crippen MR) is 107 cm³/mol.